The molecule has 0 spiro atoms. The molecule has 0 bridgehead atoms. The van der Waals surface area contributed by atoms with Crippen LogP contribution in [0.3, 0.4) is 0 Å². The van der Waals surface area contributed by atoms with Crippen molar-refractivity contribution in [3.63, 3.8) is 0 Å². The maximum absolute atomic E-state index is 11.1. The minimum Gasteiger partial charge on any atom is -0.296 e. The number of rotatable bonds is 2. The largest absolute Gasteiger partial charge is 0.368 e. The number of fused-ring (bicyclic) bond motifs is 1. The molecule has 0 aromatic heterocycles. The van der Waals surface area contributed by atoms with Crippen LogP contribution in [-0.4, -0.2) is 11.2 Å². The zero-order valence-electron chi connectivity index (χ0n) is 9.38. The first-order chi connectivity index (χ1) is 8.22. The summed E-state index contributed by atoms with van der Waals surface area (Å²) >= 11 is 0. The Hall–Kier alpha value is -2.13. The van der Waals surface area contributed by atoms with Crippen LogP contribution in [0.1, 0.15) is 12.5 Å². The Morgan fingerprint density at radius 2 is 1.88 bits per heavy atom. The molecule has 0 heterocycles. The van der Waals surface area contributed by atoms with Crippen LogP contribution in [0.25, 0.3) is 16.8 Å². The molecule has 86 valence electrons. The molecule has 0 atom stereocenters. The number of hydrogen-bond donors (Lipinski definition) is 1. The smallest absolute Gasteiger partial charge is 0.296 e. The number of hydrogen-bond acceptors (Lipinski definition) is 3. The minimum atomic E-state index is -0.738. The summed E-state index contributed by atoms with van der Waals surface area (Å²) in [5, 5.41) is 10.5. The lowest BCUT2D eigenvalue weighted by atomic mass is 10.0. The molecule has 3 heteroatoms. The van der Waals surface area contributed by atoms with Gasteiger partial charge >= 0.3 is 5.97 Å². The van der Waals surface area contributed by atoms with Crippen molar-refractivity contribution in [3.05, 3.63) is 53.6 Å². The molecule has 1 N–H and O–H groups in total. The fourth-order valence-corrected chi connectivity index (χ4v) is 1.74. The van der Waals surface area contributed by atoms with E-state index in [0.29, 0.717) is 5.57 Å². The fourth-order valence-electron chi connectivity index (χ4n) is 1.74. The fraction of sp³-hybridized carbons (Fsp3) is 0.0714. The first-order valence-corrected chi connectivity index (χ1v) is 5.24. The zero-order valence-corrected chi connectivity index (χ0v) is 9.38. The van der Waals surface area contributed by atoms with E-state index in [4.69, 9.17) is 5.26 Å². The average molecular weight is 228 g/mol. The summed E-state index contributed by atoms with van der Waals surface area (Å²) in [7, 11) is 0. The standard InChI is InChI=1S/C14H12O3/c1-10(14(15)17-16)9-12-7-4-6-11-5-2-3-8-13(11)12/h2-9,16H,1H3. The van der Waals surface area contributed by atoms with Crippen LogP contribution in [0.2, 0.25) is 0 Å². The third kappa shape index (κ3) is 2.34. The quantitative estimate of drug-likeness (QED) is 0.487. The van der Waals surface area contributed by atoms with Crippen molar-refractivity contribution in [2.75, 3.05) is 0 Å². The molecular formula is C14H12O3. The highest BCUT2D eigenvalue weighted by atomic mass is 17.1. The number of carbonyl (C=O) groups is 1. The molecule has 0 saturated carbocycles. The molecule has 2 aromatic carbocycles. The Morgan fingerprint density at radius 3 is 2.65 bits per heavy atom. The zero-order chi connectivity index (χ0) is 12.3. The molecule has 0 amide bonds. The molecule has 0 saturated heterocycles. The monoisotopic (exact) mass is 228 g/mol. The molecule has 3 nitrogen and oxygen atoms in total. The Labute approximate surface area is 98.9 Å². The Balaban J connectivity index is 2.53. The lowest BCUT2D eigenvalue weighted by molar-refractivity contribution is -0.229. The summed E-state index contributed by atoms with van der Waals surface area (Å²) in [5.41, 5.74) is 1.27. The molecule has 0 unspecified atom stereocenters. The highest BCUT2D eigenvalue weighted by Gasteiger charge is 2.06. The van der Waals surface area contributed by atoms with E-state index >= 15 is 0 Å². The molecule has 17 heavy (non-hydrogen) atoms. The first-order valence-electron chi connectivity index (χ1n) is 5.24. The summed E-state index contributed by atoms with van der Waals surface area (Å²) in [5.74, 6) is -0.738. The maximum atomic E-state index is 11.1. The van der Waals surface area contributed by atoms with E-state index in [9.17, 15) is 4.79 Å². The first kappa shape index (κ1) is 11.4. The van der Waals surface area contributed by atoms with Gasteiger partial charge in [0.15, 0.2) is 0 Å². The maximum Gasteiger partial charge on any atom is 0.368 e. The predicted octanol–water partition coefficient (Wildman–Crippen LogP) is 3.26. The molecule has 0 aliphatic rings. The van der Waals surface area contributed by atoms with E-state index in [1.165, 1.54) is 0 Å². The molecule has 0 aliphatic heterocycles. The lowest BCUT2D eigenvalue weighted by Gasteiger charge is -2.03. The number of benzene rings is 2. The van der Waals surface area contributed by atoms with Crippen molar-refractivity contribution in [1.82, 2.24) is 0 Å². The van der Waals surface area contributed by atoms with Crippen molar-refractivity contribution in [2.24, 2.45) is 0 Å². The van der Waals surface area contributed by atoms with Crippen LogP contribution in [0.15, 0.2) is 48.0 Å². The van der Waals surface area contributed by atoms with Crippen molar-refractivity contribution < 1.29 is 14.9 Å². The van der Waals surface area contributed by atoms with Crippen molar-refractivity contribution in [1.29, 1.82) is 0 Å². The van der Waals surface area contributed by atoms with Gasteiger partial charge in [0.05, 0.1) is 0 Å². The van der Waals surface area contributed by atoms with Gasteiger partial charge in [-0.3, -0.25) is 4.89 Å². The van der Waals surface area contributed by atoms with Gasteiger partial charge in [-0.05, 0) is 29.3 Å². The molecule has 0 radical (unpaired) electrons. The van der Waals surface area contributed by atoms with Crippen LogP contribution >= 0.6 is 0 Å². The number of carbonyl (C=O) groups excluding carboxylic acids is 1. The van der Waals surface area contributed by atoms with Crippen LogP contribution in [0.5, 0.6) is 0 Å². The van der Waals surface area contributed by atoms with Gasteiger partial charge in [0.25, 0.3) is 0 Å². The van der Waals surface area contributed by atoms with Crippen LogP contribution in [0, 0.1) is 0 Å². The van der Waals surface area contributed by atoms with Crippen molar-refractivity contribution >= 4 is 22.8 Å². The van der Waals surface area contributed by atoms with Crippen LogP contribution < -0.4 is 0 Å². The molecule has 2 rings (SSSR count). The van der Waals surface area contributed by atoms with E-state index in [-0.39, 0.29) is 0 Å². The molecular weight excluding hydrogens is 216 g/mol. The van der Waals surface area contributed by atoms with Gasteiger partial charge in [-0.2, -0.15) is 5.26 Å². The van der Waals surface area contributed by atoms with Gasteiger partial charge in [-0.15, -0.1) is 0 Å². The van der Waals surface area contributed by atoms with Gasteiger partial charge in [0.2, 0.25) is 0 Å². The summed E-state index contributed by atoms with van der Waals surface area (Å²) in [4.78, 5) is 14.8. The van der Waals surface area contributed by atoms with Gasteiger partial charge in [0.1, 0.15) is 0 Å². The van der Waals surface area contributed by atoms with Gasteiger partial charge < -0.3 is 0 Å². The highest BCUT2D eigenvalue weighted by molar-refractivity contribution is 5.97. The predicted molar refractivity (Wildman–Crippen MR) is 66.3 cm³/mol. The summed E-state index contributed by atoms with van der Waals surface area (Å²) in [6.07, 6.45) is 1.70. The summed E-state index contributed by atoms with van der Waals surface area (Å²) in [6, 6.07) is 13.7. The average Bonchev–Trinajstić information content (AvgIpc) is 2.38. The normalized spacial score (nSPS) is 11.5. The second kappa shape index (κ2) is 4.80. The second-order valence-electron chi connectivity index (χ2n) is 3.77. The lowest BCUT2D eigenvalue weighted by Crippen LogP contribution is -2.01. The highest BCUT2D eigenvalue weighted by Crippen LogP contribution is 2.20. The van der Waals surface area contributed by atoms with Crippen molar-refractivity contribution in [2.45, 2.75) is 6.92 Å². The van der Waals surface area contributed by atoms with E-state index in [1.807, 2.05) is 42.5 Å². The summed E-state index contributed by atoms with van der Waals surface area (Å²) < 4.78 is 0. The van der Waals surface area contributed by atoms with Gasteiger partial charge in [-0.1, -0.05) is 42.5 Å². The Kier molecular flexibility index (Phi) is 3.21. The van der Waals surface area contributed by atoms with Crippen LogP contribution in [-0.2, 0) is 9.68 Å². The van der Waals surface area contributed by atoms with E-state index in [2.05, 4.69) is 4.89 Å². The molecule has 0 fully saturated rings. The Bertz CT molecular complexity index is 580. The third-order valence-electron chi connectivity index (χ3n) is 2.60. The van der Waals surface area contributed by atoms with E-state index < -0.39 is 5.97 Å². The SMILES string of the molecule is CC(=Cc1cccc2ccccc12)C(=O)OO. The minimum absolute atomic E-state index is 0.351. The van der Waals surface area contributed by atoms with Crippen LogP contribution in [0.4, 0.5) is 0 Å². The van der Waals surface area contributed by atoms with Gasteiger partial charge in [-0.25, -0.2) is 4.79 Å². The van der Waals surface area contributed by atoms with E-state index in [0.717, 1.165) is 16.3 Å². The van der Waals surface area contributed by atoms with E-state index in [1.54, 1.807) is 13.0 Å². The molecule has 0 aliphatic carbocycles. The topological polar surface area (TPSA) is 46.5 Å². The summed E-state index contributed by atoms with van der Waals surface area (Å²) in [6.45, 7) is 1.60. The van der Waals surface area contributed by atoms with Gasteiger partial charge in [0, 0.05) is 5.57 Å². The third-order valence-corrected chi connectivity index (χ3v) is 2.60. The second-order valence-corrected chi connectivity index (χ2v) is 3.77. The van der Waals surface area contributed by atoms with Crippen molar-refractivity contribution in [3.8, 4) is 0 Å². The molecule has 2 aromatic rings. The Morgan fingerprint density at radius 1 is 1.18 bits per heavy atom.